The topological polar surface area (TPSA) is 38.0 Å². The minimum absolute atomic E-state index is 0.191. The number of benzene rings is 2. The molecule has 1 unspecified atom stereocenters. The molecular formula is C17H17BrN2O. The van der Waals surface area contributed by atoms with Crippen LogP contribution in [0.3, 0.4) is 0 Å². The third-order valence-corrected chi connectivity index (χ3v) is 4.26. The van der Waals surface area contributed by atoms with Crippen LogP contribution in [0, 0.1) is 0 Å². The molecule has 0 saturated heterocycles. The van der Waals surface area contributed by atoms with Crippen LogP contribution >= 0.6 is 15.9 Å². The Kier molecular flexibility index (Phi) is 3.83. The Balaban J connectivity index is 2.17. The summed E-state index contributed by atoms with van der Waals surface area (Å²) < 4.78 is 2.69. The Labute approximate surface area is 132 Å². The summed E-state index contributed by atoms with van der Waals surface area (Å²) in [5, 5.41) is 17.4. The predicted octanol–water partition coefficient (Wildman–Crippen LogP) is 4.46. The molecule has 3 rings (SSSR count). The van der Waals surface area contributed by atoms with Gasteiger partial charge in [-0.05, 0) is 46.1 Å². The summed E-state index contributed by atoms with van der Waals surface area (Å²) in [7, 11) is 0. The van der Waals surface area contributed by atoms with E-state index in [1.807, 2.05) is 35.0 Å². The van der Waals surface area contributed by atoms with Gasteiger partial charge in [0.15, 0.2) is 0 Å². The number of halogens is 1. The van der Waals surface area contributed by atoms with Gasteiger partial charge < -0.3 is 5.11 Å². The molecule has 0 spiro atoms. The molecule has 0 aliphatic carbocycles. The van der Waals surface area contributed by atoms with Crippen molar-refractivity contribution >= 4 is 26.7 Å². The Morgan fingerprint density at radius 3 is 2.57 bits per heavy atom. The highest BCUT2D eigenvalue weighted by Gasteiger charge is 2.22. The minimum Gasteiger partial charge on any atom is -0.382 e. The highest BCUT2D eigenvalue weighted by molar-refractivity contribution is 9.10. The monoisotopic (exact) mass is 344 g/mol. The van der Waals surface area contributed by atoms with Gasteiger partial charge >= 0.3 is 0 Å². The molecule has 0 saturated carbocycles. The van der Waals surface area contributed by atoms with Crippen molar-refractivity contribution in [3.05, 3.63) is 64.4 Å². The van der Waals surface area contributed by atoms with E-state index in [4.69, 9.17) is 0 Å². The van der Waals surface area contributed by atoms with E-state index in [1.54, 1.807) is 6.20 Å². The first kappa shape index (κ1) is 14.3. The Bertz CT molecular complexity index is 774. The highest BCUT2D eigenvalue weighted by Crippen LogP contribution is 2.33. The first-order valence-corrected chi connectivity index (χ1v) is 7.77. The van der Waals surface area contributed by atoms with E-state index >= 15 is 0 Å². The quantitative estimate of drug-likeness (QED) is 0.761. The van der Waals surface area contributed by atoms with Crippen LogP contribution in [-0.2, 0) is 0 Å². The van der Waals surface area contributed by atoms with E-state index in [1.165, 1.54) is 0 Å². The van der Waals surface area contributed by atoms with Crippen LogP contribution in [0.4, 0.5) is 0 Å². The lowest BCUT2D eigenvalue weighted by Gasteiger charge is -2.18. The molecule has 1 N–H and O–H groups in total. The Hall–Kier alpha value is -1.65. The maximum absolute atomic E-state index is 10.9. The van der Waals surface area contributed by atoms with Crippen molar-refractivity contribution in [2.24, 2.45) is 0 Å². The van der Waals surface area contributed by atoms with Crippen LogP contribution in [0.15, 0.2) is 53.1 Å². The summed E-state index contributed by atoms with van der Waals surface area (Å²) >= 11 is 3.50. The van der Waals surface area contributed by atoms with E-state index in [0.29, 0.717) is 0 Å². The molecule has 0 amide bonds. The van der Waals surface area contributed by atoms with E-state index < -0.39 is 6.10 Å². The Morgan fingerprint density at radius 2 is 1.81 bits per heavy atom. The maximum Gasteiger partial charge on any atom is 0.122 e. The van der Waals surface area contributed by atoms with E-state index in [9.17, 15) is 5.11 Å². The molecule has 1 heterocycles. The zero-order chi connectivity index (χ0) is 15.0. The van der Waals surface area contributed by atoms with Crippen molar-refractivity contribution in [2.45, 2.75) is 26.0 Å². The molecule has 3 aromatic rings. The lowest BCUT2D eigenvalue weighted by atomic mass is 9.98. The second-order valence-corrected chi connectivity index (χ2v) is 6.24. The molecule has 3 nitrogen and oxygen atoms in total. The predicted molar refractivity (Wildman–Crippen MR) is 88.3 cm³/mol. The van der Waals surface area contributed by atoms with Crippen molar-refractivity contribution in [1.29, 1.82) is 0 Å². The van der Waals surface area contributed by atoms with Crippen molar-refractivity contribution in [1.82, 2.24) is 9.78 Å². The molecule has 1 aromatic heterocycles. The number of aromatic nitrogens is 2. The third kappa shape index (κ3) is 2.49. The lowest BCUT2D eigenvalue weighted by molar-refractivity contribution is 0.205. The van der Waals surface area contributed by atoms with Crippen LogP contribution in [0.1, 0.15) is 37.3 Å². The maximum atomic E-state index is 10.9. The first-order chi connectivity index (χ1) is 10.1. The molecule has 21 heavy (non-hydrogen) atoms. The zero-order valence-electron chi connectivity index (χ0n) is 12.0. The number of rotatable bonds is 3. The van der Waals surface area contributed by atoms with Gasteiger partial charge in [0, 0.05) is 6.04 Å². The van der Waals surface area contributed by atoms with Gasteiger partial charge in [-0.2, -0.15) is 5.10 Å². The highest BCUT2D eigenvalue weighted by atomic mass is 79.9. The van der Waals surface area contributed by atoms with Crippen LogP contribution in [0.2, 0.25) is 0 Å². The molecule has 1 atom stereocenters. The summed E-state index contributed by atoms with van der Waals surface area (Å²) in [5.41, 5.74) is 1.69. The van der Waals surface area contributed by atoms with Gasteiger partial charge in [-0.3, -0.25) is 4.68 Å². The smallest absolute Gasteiger partial charge is 0.122 e. The molecule has 0 aliphatic rings. The molecule has 0 fully saturated rings. The summed E-state index contributed by atoms with van der Waals surface area (Å²) in [6, 6.07) is 14.3. The van der Waals surface area contributed by atoms with Crippen LogP contribution < -0.4 is 0 Å². The van der Waals surface area contributed by atoms with Crippen molar-refractivity contribution in [2.75, 3.05) is 0 Å². The summed E-state index contributed by atoms with van der Waals surface area (Å²) in [4.78, 5) is 0. The summed E-state index contributed by atoms with van der Waals surface area (Å²) in [5.74, 6) is 0. The molecule has 0 bridgehead atoms. The molecule has 4 heteroatoms. The van der Waals surface area contributed by atoms with Gasteiger partial charge in [0.2, 0.25) is 0 Å². The molecule has 0 radical (unpaired) electrons. The van der Waals surface area contributed by atoms with Crippen molar-refractivity contribution < 1.29 is 5.11 Å². The number of fused-ring (bicyclic) bond motifs is 1. The standard InChI is InChI=1S/C17H17BrN2O/c1-11(2)20-16(15(18)10-19-20)17(21)14-9-5-7-12-6-3-4-8-13(12)14/h3-11,17,21H,1-2H3. The largest absolute Gasteiger partial charge is 0.382 e. The van der Waals surface area contributed by atoms with Crippen molar-refractivity contribution in [3.63, 3.8) is 0 Å². The second-order valence-electron chi connectivity index (χ2n) is 5.39. The minimum atomic E-state index is -0.713. The summed E-state index contributed by atoms with van der Waals surface area (Å²) in [6.07, 6.45) is 1.03. The third-order valence-electron chi connectivity index (χ3n) is 3.65. The number of aliphatic hydroxyl groups excluding tert-OH is 1. The number of hydrogen-bond acceptors (Lipinski definition) is 2. The Morgan fingerprint density at radius 1 is 1.10 bits per heavy atom. The van der Waals surface area contributed by atoms with Gasteiger partial charge in [0.1, 0.15) is 6.10 Å². The fourth-order valence-corrected chi connectivity index (χ4v) is 3.14. The molecule has 108 valence electrons. The van der Waals surface area contributed by atoms with Gasteiger partial charge in [0.25, 0.3) is 0 Å². The normalized spacial score (nSPS) is 13.0. The lowest BCUT2D eigenvalue weighted by Crippen LogP contribution is -2.13. The fraction of sp³-hybridized carbons (Fsp3) is 0.235. The zero-order valence-corrected chi connectivity index (χ0v) is 13.6. The fourth-order valence-electron chi connectivity index (χ4n) is 2.65. The number of aliphatic hydroxyl groups is 1. The summed E-state index contributed by atoms with van der Waals surface area (Å²) in [6.45, 7) is 4.11. The van der Waals surface area contributed by atoms with E-state index in [-0.39, 0.29) is 6.04 Å². The van der Waals surface area contributed by atoms with Crippen LogP contribution in [0.25, 0.3) is 10.8 Å². The van der Waals surface area contributed by atoms with E-state index in [0.717, 1.165) is 26.5 Å². The first-order valence-electron chi connectivity index (χ1n) is 6.98. The van der Waals surface area contributed by atoms with Crippen molar-refractivity contribution in [3.8, 4) is 0 Å². The van der Waals surface area contributed by atoms with Gasteiger partial charge in [-0.15, -0.1) is 0 Å². The van der Waals surface area contributed by atoms with E-state index in [2.05, 4.69) is 47.0 Å². The number of hydrogen-bond donors (Lipinski definition) is 1. The van der Waals surface area contributed by atoms with Gasteiger partial charge in [-0.25, -0.2) is 0 Å². The average molecular weight is 345 g/mol. The second kappa shape index (κ2) is 5.62. The number of nitrogens with zero attached hydrogens (tertiary/aromatic N) is 2. The van der Waals surface area contributed by atoms with Crippen LogP contribution in [-0.4, -0.2) is 14.9 Å². The van der Waals surface area contributed by atoms with Crippen LogP contribution in [0.5, 0.6) is 0 Å². The molecule has 2 aromatic carbocycles. The van der Waals surface area contributed by atoms with Gasteiger partial charge in [0.05, 0.1) is 16.4 Å². The van der Waals surface area contributed by atoms with Gasteiger partial charge in [-0.1, -0.05) is 42.5 Å². The SMILES string of the molecule is CC(C)n1ncc(Br)c1C(O)c1cccc2ccccc12. The molecule has 0 aliphatic heterocycles. The molecular weight excluding hydrogens is 328 g/mol. The average Bonchev–Trinajstić information content (AvgIpc) is 2.88.